The van der Waals surface area contributed by atoms with Crippen molar-refractivity contribution in [3.8, 4) is 0 Å². The summed E-state index contributed by atoms with van der Waals surface area (Å²) in [7, 11) is 0. The van der Waals surface area contributed by atoms with Crippen LogP contribution in [0.25, 0.3) is 28.0 Å². The van der Waals surface area contributed by atoms with Gasteiger partial charge in [0.15, 0.2) is 0 Å². The molecule has 1 aliphatic heterocycles. The molecule has 1 unspecified atom stereocenters. The Morgan fingerprint density at radius 1 is 1.06 bits per heavy atom. The normalized spacial score (nSPS) is 17.9. The van der Waals surface area contributed by atoms with Crippen molar-refractivity contribution in [2.45, 2.75) is 5.50 Å². The lowest BCUT2D eigenvalue weighted by Crippen LogP contribution is -2.12. The quantitative estimate of drug-likeness (QED) is 0.469. The summed E-state index contributed by atoms with van der Waals surface area (Å²) in [6.45, 7) is 0. The van der Waals surface area contributed by atoms with Gasteiger partial charge in [-0.15, -0.1) is 0 Å². The number of fused-ring (bicyclic) bond motifs is 5. The van der Waals surface area contributed by atoms with Crippen LogP contribution in [-0.4, -0.2) is 5.50 Å². The second-order valence-electron chi connectivity index (χ2n) is 4.41. The van der Waals surface area contributed by atoms with E-state index >= 15 is 0 Å². The summed E-state index contributed by atoms with van der Waals surface area (Å²) >= 11 is 6.05. The molecule has 2 aromatic carbocycles. The van der Waals surface area contributed by atoms with Crippen molar-refractivity contribution >= 4 is 45.3 Å². The Labute approximate surface area is 109 Å². The molecule has 0 bridgehead atoms. The van der Waals surface area contributed by atoms with Gasteiger partial charge in [0.1, 0.15) is 16.7 Å². The largest absolute Gasteiger partial charge is 0.455 e. The number of para-hydroxylation sites is 1. The highest BCUT2D eigenvalue weighted by molar-refractivity contribution is 6.24. The molecular formula is C15H10ClNO. The summed E-state index contributed by atoms with van der Waals surface area (Å²) in [5.74, 6) is 0. The molecule has 0 aliphatic carbocycles. The number of anilines is 1. The lowest BCUT2D eigenvalue weighted by Gasteiger charge is -2.17. The van der Waals surface area contributed by atoms with E-state index in [4.69, 9.17) is 16.0 Å². The Morgan fingerprint density at radius 3 is 2.89 bits per heavy atom. The number of rotatable bonds is 0. The molecule has 0 saturated carbocycles. The van der Waals surface area contributed by atoms with Gasteiger partial charge < -0.3 is 9.73 Å². The molecule has 18 heavy (non-hydrogen) atoms. The maximum Gasteiger partial charge on any atom is 0.144 e. The van der Waals surface area contributed by atoms with Crippen molar-refractivity contribution in [3.05, 3.63) is 48.0 Å². The van der Waals surface area contributed by atoms with Crippen LogP contribution in [0.3, 0.4) is 0 Å². The Hall–Kier alpha value is -1.93. The van der Waals surface area contributed by atoms with Gasteiger partial charge >= 0.3 is 0 Å². The van der Waals surface area contributed by atoms with E-state index in [0.29, 0.717) is 0 Å². The second-order valence-corrected chi connectivity index (χ2v) is 4.88. The van der Waals surface area contributed by atoms with E-state index in [1.54, 1.807) is 0 Å². The fraction of sp³-hybridized carbons (Fsp3) is 0.0667. The van der Waals surface area contributed by atoms with Gasteiger partial charge in [0.05, 0.1) is 0 Å². The Balaban J connectivity index is 2.14. The summed E-state index contributed by atoms with van der Waals surface area (Å²) in [5.41, 5.74) is 3.77. The van der Waals surface area contributed by atoms with Crippen LogP contribution < -0.4 is 5.32 Å². The molecule has 2 heterocycles. The average molecular weight is 256 g/mol. The standard InChI is InChI=1S/C15H10ClNO/c16-14-8-6-11-12(17-14)7-5-10-9-3-1-2-4-13(9)18-15(10)11/h1-8,14,17H. The molecule has 1 N–H and O–H groups in total. The van der Waals surface area contributed by atoms with Gasteiger partial charge in [-0.3, -0.25) is 0 Å². The molecule has 1 atom stereocenters. The van der Waals surface area contributed by atoms with Crippen molar-refractivity contribution in [1.29, 1.82) is 0 Å². The maximum atomic E-state index is 6.05. The molecule has 1 aromatic heterocycles. The minimum atomic E-state index is -0.153. The number of furan rings is 1. The monoisotopic (exact) mass is 255 g/mol. The van der Waals surface area contributed by atoms with Crippen LogP contribution in [0.2, 0.25) is 0 Å². The lowest BCUT2D eigenvalue weighted by molar-refractivity contribution is 0.668. The number of hydrogen-bond donors (Lipinski definition) is 1. The lowest BCUT2D eigenvalue weighted by atomic mass is 10.0. The van der Waals surface area contributed by atoms with Gasteiger partial charge in [-0.2, -0.15) is 0 Å². The average Bonchev–Trinajstić information content (AvgIpc) is 2.77. The molecular weight excluding hydrogens is 246 g/mol. The zero-order valence-electron chi connectivity index (χ0n) is 9.48. The molecule has 0 fully saturated rings. The maximum absolute atomic E-state index is 6.05. The highest BCUT2D eigenvalue weighted by atomic mass is 35.5. The third kappa shape index (κ3) is 1.30. The summed E-state index contributed by atoms with van der Waals surface area (Å²) in [4.78, 5) is 0. The van der Waals surface area contributed by atoms with Crippen LogP contribution in [0.15, 0.2) is 46.9 Å². The summed E-state index contributed by atoms with van der Waals surface area (Å²) in [6.07, 6.45) is 3.95. The van der Waals surface area contributed by atoms with E-state index in [2.05, 4.69) is 23.5 Å². The molecule has 3 aromatic rings. The van der Waals surface area contributed by atoms with Gasteiger partial charge in [0, 0.05) is 22.0 Å². The zero-order valence-corrected chi connectivity index (χ0v) is 10.2. The van der Waals surface area contributed by atoms with Crippen LogP contribution in [-0.2, 0) is 0 Å². The molecule has 2 nitrogen and oxygen atoms in total. The predicted molar refractivity (Wildman–Crippen MR) is 76.0 cm³/mol. The van der Waals surface area contributed by atoms with E-state index < -0.39 is 0 Å². The molecule has 0 radical (unpaired) electrons. The van der Waals surface area contributed by atoms with E-state index in [0.717, 1.165) is 33.2 Å². The van der Waals surface area contributed by atoms with Gasteiger partial charge in [-0.05, 0) is 30.4 Å². The highest BCUT2D eigenvalue weighted by Crippen LogP contribution is 2.36. The number of nitrogens with one attached hydrogen (secondary N) is 1. The molecule has 1 aliphatic rings. The van der Waals surface area contributed by atoms with Gasteiger partial charge in [0.2, 0.25) is 0 Å². The first-order valence-corrected chi connectivity index (χ1v) is 6.29. The first-order valence-electron chi connectivity index (χ1n) is 5.86. The highest BCUT2D eigenvalue weighted by Gasteiger charge is 2.16. The third-order valence-electron chi connectivity index (χ3n) is 3.31. The smallest absolute Gasteiger partial charge is 0.144 e. The Morgan fingerprint density at radius 2 is 1.94 bits per heavy atom. The number of hydrogen-bond acceptors (Lipinski definition) is 2. The summed E-state index contributed by atoms with van der Waals surface area (Å²) in [5, 5.41) is 5.51. The van der Waals surface area contributed by atoms with Gasteiger partial charge in [0.25, 0.3) is 0 Å². The summed E-state index contributed by atoms with van der Waals surface area (Å²) < 4.78 is 5.95. The summed E-state index contributed by atoms with van der Waals surface area (Å²) in [6, 6.07) is 12.2. The molecule has 4 rings (SSSR count). The van der Waals surface area contributed by atoms with E-state index in [1.807, 2.05) is 30.4 Å². The van der Waals surface area contributed by atoms with Crippen molar-refractivity contribution in [2.24, 2.45) is 0 Å². The molecule has 3 heteroatoms. The fourth-order valence-corrected chi connectivity index (χ4v) is 2.67. The molecule has 0 spiro atoms. The number of halogens is 1. The minimum absolute atomic E-state index is 0.153. The van der Waals surface area contributed by atoms with Crippen LogP contribution in [0, 0.1) is 0 Å². The molecule has 88 valence electrons. The first kappa shape index (κ1) is 10.0. The molecule has 0 saturated heterocycles. The number of alkyl halides is 1. The second kappa shape index (κ2) is 3.53. The first-order chi connectivity index (χ1) is 8.83. The van der Waals surface area contributed by atoms with Crippen LogP contribution >= 0.6 is 11.6 Å². The SMILES string of the molecule is ClC1C=Cc2c(ccc3c2oc2ccccc23)N1. The van der Waals surface area contributed by atoms with Crippen LogP contribution in [0.4, 0.5) is 5.69 Å². The van der Waals surface area contributed by atoms with Gasteiger partial charge in [-0.1, -0.05) is 29.8 Å². The van der Waals surface area contributed by atoms with Gasteiger partial charge in [-0.25, -0.2) is 0 Å². The Kier molecular flexibility index (Phi) is 1.97. The van der Waals surface area contributed by atoms with Crippen LogP contribution in [0.1, 0.15) is 5.56 Å². The predicted octanol–water partition coefficient (Wildman–Crippen LogP) is 4.59. The van der Waals surface area contributed by atoms with Crippen molar-refractivity contribution in [3.63, 3.8) is 0 Å². The Bertz CT molecular complexity index is 788. The third-order valence-corrected chi connectivity index (χ3v) is 3.57. The number of benzene rings is 2. The van der Waals surface area contributed by atoms with E-state index in [9.17, 15) is 0 Å². The topological polar surface area (TPSA) is 25.2 Å². The fourth-order valence-electron chi connectivity index (χ4n) is 2.48. The van der Waals surface area contributed by atoms with Crippen molar-refractivity contribution in [1.82, 2.24) is 0 Å². The van der Waals surface area contributed by atoms with E-state index in [1.165, 1.54) is 0 Å². The van der Waals surface area contributed by atoms with Crippen molar-refractivity contribution in [2.75, 3.05) is 5.32 Å². The zero-order chi connectivity index (χ0) is 12.1. The minimum Gasteiger partial charge on any atom is -0.455 e. The molecule has 0 amide bonds. The van der Waals surface area contributed by atoms with Crippen LogP contribution in [0.5, 0.6) is 0 Å². The van der Waals surface area contributed by atoms with Crippen molar-refractivity contribution < 1.29 is 4.42 Å². The van der Waals surface area contributed by atoms with E-state index in [-0.39, 0.29) is 5.50 Å².